The minimum Gasteiger partial charge on any atom is -0.726 e. The highest BCUT2D eigenvalue weighted by atomic mass is 32.3. The summed E-state index contributed by atoms with van der Waals surface area (Å²) < 4.78 is 36.2. The maximum Gasteiger partial charge on any atom is 0.217 e. The molecule has 0 rings (SSSR count). The number of nitrogens with one attached hydrogen (secondary N) is 1. The predicted octanol–water partition coefficient (Wildman–Crippen LogP) is -1.60. The Bertz CT molecular complexity index is 253. The van der Waals surface area contributed by atoms with E-state index in [1.165, 1.54) is 19.6 Å². The third-order valence-electron chi connectivity index (χ3n) is 2.26. The number of aliphatic hydroxyl groups is 1. The third-order valence-corrected chi connectivity index (χ3v) is 2.67. The van der Waals surface area contributed by atoms with Gasteiger partial charge in [-0.05, 0) is 13.8 Å². The Kier molecular flexibility index (Phi) is 14.7. The molecule has 0 heterocycles. The van der Waals surface area contributed by atoms with Gasteiger partial charge in [-0.25, -0.2) is 8.42 Å². The van der Waals surface area contributed by atoms with E-state index >= 15 is 0 Å². The van der Waals surface area contributed by atoms with Crippen molar-refractivity contribution in [3.63, 3.8) is 0 Å². The molecule has 2 N–H and O–H groups in total. The molecule has 112 valence electrons. The van der Waals surface area contributed by atoms with Crippen LogP contribution in [0.4, 0.5) is 0 Å². The first kappa shape index (κ1) is 20.1. The number of ether oxygens (including phenoxy) is 1. The van der Waals surface area contributed by atoms with E-state index in [2.05, 4.69) is 18.0 Å². The van der Waals surface area contributed by atoms with Crippen molar-refractivity contribution in [2.24, 2.45) is 0 Å². The zero-order chi connectivity index (χ0) is 14.4. The molecule has 0 aromatic rings. The average Bonchev–Trinajstić information content (AvgIpc) is 2.34. The van der Waals surface area contributed by atoms with Crippen molar-refractivity contribution >= 4 is 10.4 Å². The molecule has 0 saturated heterocycles. The lowest BCUT2D eigenvalue weighted by molar-refractivity contribution is -0.896. The summed E-state index contributed by atoms with van der Waals surface area (Å²) in [5.41, 5.74) is 0. The standard InChI is InChI=1S/C9H21NO2.CH4O4S/c1-3-10(4-2)6-5-8-12-9-7-11;1-5-6(2,3)4/h11H,3-9H2,1-2H3;1H3,(H,2,3,4). The van der Waals surface area contributed by atoms with Gasteiger partial charge in [0.15, 0.2) is 0 Å². The molecule has 0 bridgehead atoms. The van der Waals surface area contributed by atoms with E-state index in [0.29, 0.717) is 6.61 Å². The summed E-state index contributed by atoms with van der Waals surface area (Å²) in [7, 11) is -3.60. The Morgan fingerprint density at radius 3 is 2.06 bits per heavy atom. The highest BCUT2D eigenvalue weighted by molar-refractivity contribution is 7.80. The number of hydrogen-bond donors (Lipinski definition) is 2. The molecule has 0 unspecified atom stereocenters. The van der Waals surface area contributed by atoms with Crippen LogP contribution >= 0.6 is 0 Å². The quantitative estimate of drug-likeness (QED) is 0.301. The van der Waals surface area contributed by atoms with Crippen LogP contribution in [-0.4, -0.2) is 64.6 Å². The molecular formula is C10H25NO6S. The van der Waals surface area contributed by atoms with Gasteiger partial charge in [-0.2, -0.15) is 0 Å². The molecule has 0 aromatic heterocycles. The molecule has 0 aliphatic carbocycles. The monoisotopic (exact) mass is 287 g/mol. The molecule has 0 fully saturated rings. The Balaban J connectivity index is 0. The molecule has 0 saturated carbocycles. The van der Waals surface area contributed by atoms with E-state index < -0.39 is 10.4 Å². The Morgan fingerprint density at radius 2 is 1.72 bits per heavy atom. The molecule has 0 radical (unpaired) electrons. The van der Waals surface area contributed by atoms with E-state index in [1.807, 2.05) is 0 Å². The van der Waals surface area contributed by atoms with Crippen LogP contribution in [-0.2, 0) is 19.3 Å². The molecule has 18 heavy (non-hydrogen) atoms. The van der Waals surface area contributed by atoms with Gasteiger partial charge in [0.1, 0.15) is 0 Å². The van der Waals surface area contributed by atoms with E-state index in [4.69, 9.17) is 9.84 Å². The number of quaternary nitrogens is 1. The van der Waals surface area contributed by atoms with Crippen LogP contribution in [0.5, 0.6) is 0 Å². The van der Waals surface area contributed by atoms with Gasteiger partial charge in [0.25, 0.3) is 0 Å². The fourth-order valence-electron chi connectivity index (χ4n) is 1.19. The van der Waals surface area contributed by atoms with Gasteiger partial charge >= 0.3 is 0 Å². The van der Waals surface area contributed by atoms with Crippen LogP contribution in [0.1, 0.15) is 20.3 Å². The summed E-state index contributed by atoms with van der Waals surface area (Å²) >= 11 is 0. The summed E-state index contributed by atoms with van der Waals surface area (Å²) in [4.78, 5) is 1.61. The van der Waals surface area contributed by atoms with E-state index in [1.54, 1.807) is 4.90 Å². The molecule has 0 amide bonds. The van der Waals surface area contributed by atoms with Crippen LogP contribution in [0.15, 0.2) is 0 Å². The highest BCUT2D eigenvalue weighted by Gasteiger charge is 2.00. The van der Waals surface area contributed by atoms with Gasteiger partial charge < -0.3 is 19.3 Å². The smallest absolute Gasteiger partial charge is 0.217 e. The number of rotatable bonds is 9. The van der Waals surface area contributed by atoms with Gasteiger partial charge in [0, 0.05) is 6.42 Å². The summed E-state index contributed by atoms with van der Waals surface area (Å²) in [6.45, 7) is 9.36. The van der Waals surface area contributed by atoms with Gasteiger partial charge in [0.2, 0.25) is 10.4 Å². The van der Waals surface area contributed by atoms with E-state index in [0.717, 1.165) is 20.1 Å². The Labute approximate surface area is 110 Å². The van der Waals surface area contributed by atoms with Crippen molar-refractivity contribution < 1.29 is 31.9 Å². The Hall–Kier alpha value is -0.250. The van der Waals surface area contributed by atoms with E-state index in [9.17, 15) is 13.0 Å². The molecule has 0 spiro atoms. The van der Waals surface area contributed by atoms with Crippen molar-refractivity contribution in [3.8, 4) is 0 Å². The van der Waals surface area contributed by atoms with Crippen LogP contribution in [0, 0.1) is 0 Å². The zero-order valence-corrected chi connectivity index (χ0v) is 12.2. The van der Waals surface area contributed by atoms with Crippen molar-refractivity contribution in [3.05, 3.63) is 0 Å². The third kappa shape index (κ3) is 18.1. The lowest BCUT2D eigenvalue weighted by Gasteiger charge is -2.14. The van der Waals surface area contributed by atoms with Crippen LogP contribution in [0.3, 0.4) is 0 Å². The summed E-state index contributed by atoms with van der Waals surface area (Å²) in [5.74, 6) is 0. The van der Waals surface area contributed by atoms with Crippen LogP contribution in [0.2, 0.25) is 0 Å². The fraction of sp³-hybridized carbons (Fsp3) is 1.00. The summed E-state index contributed by atoms with van der Waals surface area (Å²) in [5, 5.41) is 8.44. The lowest BCUT2D eigenvalue weighted by Crippen LogP contribution is -3.11. The molecule has 7 nitrogen and oxygen atoms in total. The van der Waals surface area contributed by atoms with Gasteiger partial charge in [-0.1, -0.05) is 0 Å². The maximum atomic E-state index is 9.22. The highest BCUT2D eigenvalue weighted by Crippen LogP contribution is 1.77. The van der Waals surface area contributed by atoms with Gasteiger partial charge in [0.05, 0.1) is 46.6 Å². The lowest BCUT2D eigenvalue weighted by atomic mass is 10.4. The number of aliphatic hydroxyl groups excluding tert-OH is 1. The van der Waals surface area contributed by atoms with Gasteiger partial charge in [-0.3, -0.25) is 4.18 Å². The second kappa shape index (κ2) is 13.2. The minimum absolute atomic E-state index is 0.137. The van der Waals surface area contributed by atoms with Crippen molar-refractivity contribution in [2.45, 2.75) is 20.3 Å². The van der Waals surface area contributed by atoms with E-state index in [-0.39, 0.29) is 6.61 Å². The molecular weight excluding hydrogens is 262 g/mol. The zero-order valence-electron chi connectivity index (χ0n) is 11.3. The SMILES string of the molecule is CC[NH+](CC)CCCOCCO.COS(=O)(=O)[O-]. The topological polar surface area (TPSA) is 100 Å². The first-order chi connectivity index (χ1) is 8.41. The summed E-state index contributed by atoms with van der Waals surface area (Å²) in [6, 6.07) is 0. The van der Waals surface area contributed by atoms with Crippen molar-refractivity contribution in [1.29, 1.82) is 0 Å². The molecule has 0 aromatic carbocycles. The number of hydrogen-bond acceptors (Lipinski definition) is 6. The molecule has 0 aliphatic heterocycles. The second-order valence-corrected chi connectivity index (χ2v) is 4.62. The van der Waals surface area contributed by atoms with Crippen LogP contribution < -0.4 is 4.90 Å². The first-order valence-corrected chi connectivity index (χ1v) is 7.28. The normalized spacial score (nSPS) is 11.2. The van der Waals surface area contributed by atoms with Crippen molar-refractivity contribution in [1.82, 2.24) is 0 Å². The Morgan fingerprint density at radius 1 is 1.22 bits per heavy atom. The largest absolute Gasteiger partial charge is 0.726 e. The molecule has 0 atom stereocenters. The summed E-state index contributed by atoms with van der Waals surface area (Å²) in [6.07, 6.45) is 1.09. The average molecular weight is 287 g/mol. The fourth-order valence-corrected chi connectivity index (χ4v) is 1.19. The maximum absolute atomic E-state index is 9.22. The first-order valence-electron chi connectivity index (χ1n) is 5.94. The molecule has 0 aliphatic rings. The molecule has 8 heteroatoms. The second-order valence-electron chi connectivity index (χ2n) is 3.47. The van der Waals surface area contributed by atoms with Crippen LogP contribution in [0.25, 0.3) is 0 Å². The minimum atomic E-state index is -4.41. The van der Waals surface area contributed by atoms with Gasteiger partial charge in [-0.15, -0.1) is 0 Å². The predicted molar refractivity (Wildman–Crippen MR) is 66.1 cm³/mol. The van der Waals surface area contributed by atoms with Crippen molar-refractivity contribution in [2.75, 3.05) is 46.6 Å².